The molecule has 0 heterocycles. The summed E-state index contributed by atoms with van der Waals surface area (Å²) in [6, 6.07) is 24.4. The fraction of sp³-hybridized carbons (Fsp3) is 0.0909. The Morgan fingerprint density at radius 2 is 1.37 bits per heavy atom. The van der Waals surface area contributed by atoms with E-state index in [9.17, 15) is 9.59 Å². The molecule has 0 aromatic heterocycles. The number of anilines is 2. The highest BCUT2D eigenvalue weighted by molar-refractivity contribution is 5.93. The van der Waals surface area contributed by atoms with Crippen LogP contribution < -0.4 is 15.4 Å². The van der Waals surface area contributed by atoms with Crippen molar-refractivity contribution in [2.45, 2.75) is 6.92 Å². The molecule has 0 unspecified atom stereocenters. The molecule has 3 aromatic carbocycles. The Hall–Kier alpha value is -3.60. The molecule has 5 heteroatoms. The van der Waals surface area contributed by atoms with E-state index >= 15 is 0 Å². The monoisotopic (exact) mass is 360 g/mol. The summed E-state index contributed by atoms with van der Waals surface area (Å²) < 4.78 is 5.73. The second kappa shape index (κ2) is 8.67. The van der Waals surface area contributed by atoms with Crippen molar-refractivity contribution in [1.82, 2.24) is 0 Å². The Labute approximate surface area is 158 Å². The Morgan fingerprint density at radius 3 is 2.04 bits per heavy atom. The van der Waals surface area contributed by atoms with E-state index in [0.717, 1.165) is 11.1 Å². The summed E-state index contributed by atoms with van der Waals surface area (Å²) in [4.78, 5) is 23.2. The number of ether oxygens (including phenoxy) is 1. The number of hydrogen-bond donors (Lipinski definition) is 2. The number of benzene rings is 3. The molecule has 136 valence electrons. The van der Waals surface area contributed by atoms with Gasteiger partial charge in [0.25, 0.3) is 5.91 Å². The van der Waals surface area contributed by atoms with Crippen LogP contribution >= 0.6 is 0 Å². The number of hydrogen-bond acceptors (Lipinski definition) is 3. The Morgan fingerprint density at radius 1 is 0.778 bits per heavy atom. The molecule has 0 radical (unpaired) electrons. The average Bonchev–Trinajstić information content (AvgIpc) is 2.68. The van der Waals surface area contributed by atoms with Crippen LogP contribution in [-0.2, 0) is 9.59 Å². The minimum Gasteiger partial charge on any atom is -0.483 e. The van der Waals surface area contributed by atoms with Crippen LogP contribution in [0.2, 0.25) is 0 Å². The van der Waals surface area contributed by atoms with Crippen LogP contribution in [0.15, 0.2) is 78.9 Å². The lowest BCUT2D eigenvalue weighted by Crippen LogP contribution is -2.20. The summed E-state index contributed by atoms with van der Waals surface area (Å²) in [5.41, 5.74) is 3.27. The zero-order chi connectivity index (χ0) is 19.1. The van der Waals surface area contributed by atoms with Gasteiger partial charge in [-0.1, -0.05) is 48.5 Å². The molecule has 27 heavy (non-hydrogen) atoms. The summed E-state index contributed by atoms with van der Waals surface area (Å²) in [6.45, 7) is 1.34. The lowest BCUT2D eigenvalue weighted by Gasteiger charge is -2.12. The molecule has 2 N–H and O–H groups in total. The number of amides is 2. The van der Waals surface area contributed by atoms with Gasteiger partial charge in [0.05, 0.1) is 0 Å². The SMILES string of the molecule is CC(=O)Nc1ccc(NC(=O)COc2ccccc2-c2ccccc2)cc1. The summed E-state index contributed by atoms with van der Waals surface area (Å²) >= 11 is 0. The number of nitrogens with one attached hydrogen (secondary N) is 2. The molecule has 0 saturated heterocycles. The van der Waals surface area contributed by atoms with Crippen molar-refractivity contribution in [3.8, 4) is 16.9 Å². The second-order valence-electron chi connectivity index (χ2n) is 5.96. The average molecular weight is 360 g/mol. The largest absolute Gasteiger partial charge is 0.483 e. The number of para-hydroxylation sites is 1. The van der Waals surface area contributed by atoms with Gasteiger partial charge in [0.1, 0.15) is 5.75 Å². The van der Waals surface area contributed by atoms with Crippen LogP contribution in [0, 0.1) is 0 Å². The van der Waals surface area contributed by atoms with E-state index in [1.165, 1.54) is 6.92 Å². The molecule has 0 aliphatic rings. The molecule has 0 atom stereocenters. The first-order valence-corrected chi connectivity index (χ1v) is 8.56. The van der Waals surface area contributed by atoms with Crippen LogP contribution in [0.4, 0.5) is 11.4 Å². The summed E-state index contributed by atoms with van der Waals surface area (Å²) in [6.07, 6.45) is 0. The van der Waals surface area contributed by atoms with E-state index in [1.807, 2.05) is 54.6 Å². The lowest BCUT2D eigenvalue weighted by atomic mass is 10.1. The molecule has 2 amide bonds. The van der Waals surface area contributed by atoms with E-state index in [-0.39, 0.29) is 18.4 Å². The van der Waals surface area contributed by atoms with Gasteiger partial charge < -0.3 is 15.4 Å². The smallest absolute Gasteiger partial charge is 0.262 e. The van der Waals surface area contributed by atoms with E-state index in [4.69, 9.17) is 4.74 Å². The van der Waals surface area contributed by atoms with Gasteiger partial charge in [-0.25, -0.2) is 0 Å². The van der Waals surface area contributed by atoms with Crippen molar-refractivity contribution in [2.75, 3.05) is 17.2 Å². The van der Waals surface area contributed by atoms with Crippen molar-refractivity contribution in [1.29, 1.82) is 0 Å². The van der Waals surface area contributed by atoms with E-state index in [1.54, 1.807) is 24.3 Å². The van der Waals surface area contributed by atoms with E-state index in [2.05, 4.69) is 10.6 Å². The molecular weight excluding hydrogens is 340 g/mol. The molecule has 3 rings (SSSR count). The third kappa shape index (κ3) is 5.19. The number of carbonyl (C=O) groups excluding carboxylic acids is 2. The maximum absolute atomic E-state index is 12.2. The maximum atomic E-state index is 12.2. The molecule has 0 fully saturated rings. The Bertz CT molecular complexity index is 922. The topological polar surface area (TPSA) is 67.4 Å². The van der Waals surface area contributed by atoms with Crippen molar-refractivity contribution >= 4 is 23.2 Å². The normalized spacial score (nSPS) is 10.1. The summed E-state index contributed by atoms with van der Waals surface area (Å²) in [5.74, 6) is 0.252. The molecule has 0 aliphatic carbocycles. The zero-order valence-electron chi connectivity index (χ0n) is 14.9. The van der Waals surface area contributed by atoms with Crippen LogP contribution in [0.1, 0.15) is 6.92 Å². The summed E-state index contributed by atoms with van der Waals surface area (Å²) in [5, 5.41) is 5.45. The predicted molar refractivity (Wildman–Crippen MR) is 107 cm³/mol. The fourth-order valence-corrected chi connectivity index (χ4v) is 2.63. The Balaban J connectivity index is 1.61. The minimum atomic E-state index is -0.259. The van der Waals surface area contributed by atoms with Crippen molar-refractivity contribution in [2.24, 2.45) is 0 Å². The van der Waals surface area contributed by atoms with Crippen LogP contribution in [-0.4, -0.2) is 18.4 Å². The standard InChI is InChI=1S/C22H20N2O3/c1-16(25)23-18-11-13-19(14-12-18)24-22(26)15-27-21-10-6-5-9-20(21)17-7-3-2-4-8-17/h2-14H,15H2,1H3,(H,23,25)(H,24,26). The first-order valence-electron chi connectivity index (χ1n) is 8.56. The van der Waals surface area contributed by atoms with Crippen molar-refractivity contribution in [3.63, 3.8) is 0 Å². The van der Waals surface area contributed by atoms with Gasteiger partial charge in [0.2, 0.25) is 5.91 Å². The van der Waals surface area contributed by atoms with Gasteiger partial charge in [-0.05, 0) is 35.9 Å². The van der Waals surface area contributed by atoms with Gasteiger partial charge in [0, 0.05) is 23.9 Å². The van der Waals surface area contributed by atoms with Gasteiger partial charge >= 0.3 is 0 Å². The van der Waals surface area contributed by atoms with Gasteiger partial charge in [-0.15, -0.1) is 0 Å². The quantitative estimate of drug-likeness (QED) is 0.687. The van der Waals surface area contributed by atoms with E-state index in [0.29, 0.717) is 17.1 Å². The molecule has 0 bridgehead atoms. The van der Waals surface area contributed by atoms with Crippen LogP contribution in [0.3, 0.4) is 0 Å². The maximum Gasteiger partial charge on any atom is 0.262 e. The van der Waals surface area contributed by atoms with Crippen LogP contribution in [0.25, 0.3) is 11.1 Å². The third-order valence-corrected chi connectivity index (χ3v) is 3.82. The summed E-state index contributed by atoms with van der Waals surface area (Å²) in [7, 11) is 0. The highest BCUT2D eigenvalue weighted by Crippen LogP contribution is 2.29. The molecule has 0 spiro atoms. The minimum absolute atomic E-state index is 0.0999. The molecule has 0 saturated carbocycles. The third-order valence-electron chi connectivity index (χ3n) is 3.82. The predicted octanol–water partition coefficient (Wildman–Crippen LogP) is 4.33. The first-order chi connectivity index (χ1) is 13.1. The molecule has 3 aromatic rings. The fourth-order valence-electron chi connectivity index (χ4n) is 2.63. The van der Waals surface area contributed by atoms with Crippen molar-refractivity contribution in [3.05, 3.63) is 78.9 Å². The lowest BCUT2D eigenvalue weighted by molar-refractivity contribution is -0.118. The van der Waals surface area contributed by atoms with Gasteiger partial charge in [0.15, 0.2) is 6.61 Å². The molecular formula is C22H20N2O3. The highest BCUT2D eigenvalue weighted by atomic mass is 16.5. The Kier molecular flexibility index (Phi) is 5.84. The molecule has 0 aliphatic heterocycles. The zero-order valence-corrected chi connectivity index (χ0v) is 14.9. The van der Waals surface area contributed by atoms with Crippen molar-refractivity contribution < 1.29 is 14.3 Å². The number of rotatable bonds is 6. The molecule has 5 nitrogen and oxygen atoms in total. The van der Waals surface area contributed by atoms with Gasteiger partial charge in [-0.2, -0.15) is 0 Å². The van der Waals surface area contributed by atoms with E-state index < -0.39 is 0 Å². The second-order valence-corrected chi connectivity index (χ2v) is 5.96. The number of carbonyl (C=O) groups is 2. The van der Waals surface area contributed by atoms with Gasteiger partial charge in [-0.3, -0.25) is 9.59 Å². The first kappa shape index (κ1) is 18.2. The van der Waals surface area contributed by atoms with Crippen LogP contribution in [0.5, 0.6) is 5.75 Å². The highest BCUT2D eigenvalue weighted by Gasteiger charge is 2.08.